The number of hydrogen-bond donors (Lipinski definition) is 2. The van der Waals surface area contributed by atoms with Crippen LogP contribution in [0.2, 0.25) is 0 Å². The number of carbonyl (C=O) groups is 2. The molecule has 0 atom stereocenters. The van der Waals surface area contributed by atoms with Gasteiger partial charge in [0.05, 0.1) is 0 Å². The number of hydrogen-bond acceptors (Lipinski definition) is 2. The van der Waals surface area contributed by atoms with Crippen LogP contribution >= 0.6 is 0 Å². The minimum absolute atomic E-state index is 0. The lowest BCUT2D eigenvalue weighted by atomic mass is 9.78. The van der Waals surface area contributed by atoms with Crippen LogP contribution in [0.5, 0.6) is 0 Å². The van der Waals surface area contributed by atoms with Gasteiger partial charge in [0.2, 0.25) is 11.8 Å². The van der Waals surface area contributed by atoms with Crippen molar-refractivity contribution in [1.82, 2.24) is 10.6 Å². The highest BCUT2D eigenvalue weighted by Gasteiger charge is 2.28. The summed E-state index contributed by atoms with van der Waals surface area (Å²) in [4.78, 5) is 24.6. The number of carbonyl (C=O) groups excluding carboxylic acids is 2. The van der Waals surface area contributed by atoms with Crippen LogP contribution in [-0.2, 0) is 9.59 Å². The average molecular weight is 415 g/mol. The van der Waals surface area contributed by atoms with E-state index in [0.29, 0.717) is 13.1 Å². The molecule has 2 N–H and O–H groups in total. The van der Waals surface area contributed by atoms with Gasteiger partial charge in [-0.15, -0.1) is 39.5 Å². The van der Waals surface area contributed by atoms with Gasteiger partial charge >= 0.3 is 0 Å². The summed E-state index contributed by atoms with van der Waals surface area (Å²) in [6.07, 6.45) is 15.2. The van der Waals surface area contributed by atoms with Crippen molar-refractivity contribution in [2.75, 3.05) is 13.1 Å². The van der Waals surface area contributed by atoms with Gasteiger partial charge in [-0.3, -0.25) is 9.59 Å². The van der Waals surface area contributed by atoms with Gasteiger partial charge in [-0.25, -0.2) is 0 Å². The quantitative estimate of drug-likeness (QED) is 0.224. The van der Waals surface area contributed by atoms with Crippen LogP contribution in [0.1, 0.15) is 52.4 Å². The predicted octanol–water partition coefficient (Wildman–Crippen LogP) is 5.67. The van der Waals surface area contributed by atoms with E-state index in [2.05, 4.69) is 50.1 Å². The van der Waals surface area contributed by atoms with Crippen molar-refractivity contribution in [1.29, 1.82) is 0 Å². The van der Waals surface area contributed by atoms with E-state index in [0.717, 1.165) is 38.5 Å². The summed E-state index contributed by atoms with van der Waals surface area (Å²) < 4.78 is 0. The Morgan fingerprint density at radius 3 is 1.00 bits per heavy atom. The summed E-state index contributed by atoms with van der Waals surface area (Å²) in [5, 5.41) is 5.78. The van der Waals surface area contributed by atoms with Crippen molar-refractivity contribution in [3.05, 3.63) is 75.9 Å². The van der Waals surface area contributed by atoms with E-state index >= 15 is 0 Å². The molecule has 0 aliphatic rings. The summed E-state index contributed by atoms with van der Waals surface area (Å²) >= 11 is 0. The minimum Gasteiger partial charge on any atom is -0.355 e. The molecule has 0 rings (SSSR count). The van der Waals surface area contributed by atoms with Crippen LogP contribution in [0.25, 0.3) is 0 Å². The summed E-state index contributed by atoms with van der Waals surface area (Å²) in [5.41, 5.74) is -0.408. The van der Waals surface area contributed by atoms with Gasteiger partial charge in [-0.2, -0.15) is 0 Å². The van der Waals surface area contributed by atoms with Crippen LogP contribution < -0.4 is 10.6 Å². The number of rotatable bonds is 18. The second kappa shape index (κ2) is 16.2. The molecule has 0 aromatic rings. The van der Waals surface area contributed by atoms with Gasteiger partial charge in [-0.1, -0.05) is 43.9 Å². The molecule has 0 aliphatic carbocycles. The Labute approximate surface area is 184 Å². The largest absolute Gasteiger partial charge is 0.355 e. The average Bonchev–Trinajstić information content (AvgIpc) is 2.66. The molecule has 0 bridgehead atoms. The Morgan fingerprint density at radius 1 is 0.567 bits per heavy atom. The topological polar surface area (TPSA) is 58.2 Å². The zero-order chi connectivity index (χ0) is 22.2. The normalized spacial score (nSPS) is 10.7. The molecule has 0 saturated carbocycles. The number of allylic oxidation sites excluding steroid dienone is 6. The van der Waals surface area contributed by atoms with Crippen molar-refractivity contribution in [2.45, 2.75) is 52.4 Å². The first-order valence-corrected chi connectivity index (χ1v) is 10.0. The van der Waals surface area contributed by atoms with E-state index in [4.69, 9.17) is 0 Å². The second-order valence-corrected chi connectivity index (χ2v) is 7.69. The number of amides is 2. The van der Waals surface area contributed by atoms with Crippen LogP contribution in [0, 0.1) is 10.8 Å². The zero-order valence-electron chi connectivity index (χ0n) is 17.9. The number of nitrogens with one attached hydrogen (secondary N) is 2. The molecule has 0 saturated heterocycles. The SMILES string of the molecule is C.C=CCC(CC=C)(CC=C)CNC(=O)CC(=O)NCC(CC=C)(CC=C)CC=C. The first-order valence-electron chi connectivity index (χ1n) is 10.0. The molecule has 0 aromatic heterocycles. The summed E-state index contributed by atoms with van der Waals surface area (Å²) in [6, 6.07) is 0. The van der Waals surface area contributed by atoms with Crippen molar-refractivity contribution in [3.63, 3.8) is 0 Å². The molecular weight excluding hydrogens is 372 g/mol. The third-order valence-electron chi connectivity index (χ3n) is 5.11. The molecule has 168 valence electrons. The van der Waals surface area contributed by atoms with E-state index in [1.807, 2.05) is 36.5 Å². The highest BCUT2D eigenvalue weighted by molar-refractivity contribution is 5.96. The molecule has 0 fully saturated rings. The Balaban J connectivity index is 0. The summed E-state index contributed by atoms with van der Waals surface area (Å²) in [5.74, 6) is -0.600. The van der Waals surface area contributed by atoms with Gasteiger partial charge < -0.3 is 10.6 Å². The molecule has 0 aromatic carbocycles. The first kappa shape index (κ1) is 29.6. The van der Waals surface area contributed by atoms with Crippen LogP contribution in [0.3, 0.4) is 0 Å². The first-order chi connectivity index (χ1) is 13.9. The fourth-order valence-electron chi connectivity index (χ4n) is 3.61. The third-order valence-corrected chi connectivity index (χ3v) is 5.11. The Hall–Kier alpha value is -2.62. The Bertz CT molecular complexity index is 499. The smallest absolute Gasteiger partial charge is 0.229 e. The maximum Gasteiger partial charge on any atom is 0.229 e. The van der Waals surface area contributed by atoms with Gasteiger partial charge in [0.1, 0.15) is 6.42 Å². The molecule has 2 amide bonds. The lowest BCUT2D eigenvalue weighted by Gasteiger charge is -2.32. The second-order valence-electron chi connectivity index (χ2n) is 7.69. The Morgan fingerprint density at radius 2 is 0.800 bits per heavy atom. The maximum absolute atomic E-state index is 12.3. The molecule has 0 unspecified atom stereocenters. The molecule has 4 nitrogen and oxygen atoms in total. The van der Waals surface area contributed by atoms with E-state index in [1.54, 1.807) is 0 Å². The van der Waals surface area contributed by atoms with Crippen molar-refractivity contribution < 1.29 is 9.59 Å². The predicted molar refractivity (Wildman–Crippen MR) is 131 cm³/mol. The lowest BCUT2D eigenvalue weighted by molar-refractivity contribution is -0.129. The van der Waals surface area contributed by atoms with E-state index in [9.17, 15) is 9.59 Å². The summed E-state index contributed by atoms with van der Waals surface area (Å²) in [6.45, 7) is 23.8. The molecule has 0 spiro atoms. The molecule has 0 radical (unpaired) electrons. The fourth-order valence-corrected chi connectivity index (χ4v) is 3.61. The minimum atomic E-state index is -0.300. The highest BCUT2D eigenvalue weighted by Crippen LogP contribution is 2.32. The molecule has 30 heavy (non-hydrogen) atoms. The lowest BCUT2D eigenvalue weighted by Crippen LogP contribution is -2.41. The Kier molecular flexibility index (Phi) is 16.0. The van der Waals surface area contributed by atoms with Crippen molar-refractivity contribution in [3.8, 4) is 0 Å². The van der Waals surface area contributed by atoms with Gasteiger partial charge in [0.15, 0.2) is 0 Å². The van der Waals surface area contributed by atoms with E-state index in [1.165, 1.54) is 0 Å². The van der Waals surface area contributed by atoms with E-state index in [-0.39, 0.29) is 36.5 Å². The van der Waals surface area contributed by atoms with Crippen molar-refractivity contribution in [2.24, 2.45) is 10.8 Å². The van der Waals surface area contributed by atoms with Crippen LogP contribution in [0.4, 0.5) is 0 Å². The van der Waals surface area contributed by atoms with Crippen LogP contribution in [0.15, 0.2) is 75.9 Å². The fraction of sp³-hybridized carbons (Fsp3) is 0.462. The van der Waals surface area contributed by atoms with E-state index < -0.39 is 0 Å². The van der Waals surface area contributed by atoms with Crippen molar-refractivity contribution >= 4 is 11.8 Å². The van der Waals surface area contributed by atoms with Gasteiger partial charge in [-0.05, 0) is 49.4 Å². The monoisotopic (exact) mass is 414 g/mol. The van der Waals surface area contributed by atoms with Gasteiger partial charge in [0, 0.05) is 13.1 Å². The molecule has 0 aliphatic heterocycles. The standard InChI is InChI=1S/C25H38N2O2.CH4/c1-7-13-24(14-8-2,15-9-3)20-26-22(28)19-23(29)27-21-25(16-10-4,17-11-5)18-12-6;/h7-12H,1-6,13-21H2,(H,26,28)(H,27,29);1H4. The maximum atomic E-state index is 12.3. The molecular formula is C26H42N2O2. The molecule has 0 heterocycles. The molecule has 4 heteroatoms. The third kappa shape index (κ3) is 10.8. The van der Waals surface area contributed by atoms with Gasteiger partial charge in [0.25, 0.3) is 0 Å². The van der Waals surface area contributed by atoms with Crippen LogP contribution in [-0.4, -0.2) is 24.9 Å². The highest BCUT2D eigenvalue weighted by atomic mass is 16.2. The summed E-state index contributed by atoms with van der Waals surface area (Å²) in [7, 11) is 0. The zero-order valence-corrected chi connectivity index (χ0v) is 17.9.